The Morgan fingerprint density at radius 3 is 3.00 bits per heavy atom. The molecule has 2 heteroatoms. The highest BCUT2D eigenvalue weighted by molar-refractivity contribution is 5.81. The SMILES string of the molecule is CC1C=C[C@H]2C(=CC(=O)O)C[C@@H]12. The summed E-state index contributed by atoms with van der Waals surface area (Å²) in [6, 6.07) is 0. The molecule has 2 aliphatic carbocycles. The van der Waals surface area contributed by atoms with Gasteiger partial charge in [-0.1, -0.05) is 24.6 Å². The van der Waals surface area contributed by atoms with Crippen molar-refractivity contribution in [2.45, 2.75) is 13.3 Å². The quantitative estimate of drug-likeness (QED) is 0.474. The van der Waals surface area contributed by atoms with E-state index in [2.05, 4.69) is 19.1 Å². The second kappa shape index (κ2) is 2.47. The van der Waals surface area contributed by atoms with Crippen molar-refractivity contribution in [1.82, 2.24) is 0 Å². The molecule has 0 heterocycles. The van der Waals surface area contributed by atoms with E-state index in [4.69, 9.17) is 5.11 Å². The summed E-state index contributed by atoms with van der Waals surface area (Å²) < 4.78 is 0. The van der Waals surface area contributed by atoms with Crippen LogP contribution in [0.15, 0.2) is 23.8 Å². The van der Waals surface area contributed by atoms with Crippen LogP contribution in [0, 0.1) is 17.8 Å². The van der Waals surface area contributed by atoms with Gasteiger partial charge in [0.1, 0.15) is 0 Å². The van der Waals surface area contributed by atoms with Crippen LogP contribution in [0.5, 0.6) is 0 Å². The lowest BCUT2D eigenvalue weighted by Gasteiger charge is -2.36. The van der Waals surface area contributed by atoms with Crippen LogP contribution in [0.3, 0.4) is 0 Å². The third-order valence-corrected chi connectivity index (χ3v) is 2.97. The standard InChI is InChI=1S/C10H12O2/c1-6-2-3-8-7(4-9(6)8)5-10(11)12/h2-3,5-6,8-9H,4H2,1H3,(H,11,12)/t6?,8-,9-/m0/s1. The van der Waals surface area contributed by atoms with E-state index in [9.17, 15) is 4.79 Å². The molecular formula is C10H12O2. The number of carbonyl (C=O) groups is 1. The fourth-order valence-corrected chi connectivity index (χ4v) is 2.18. The Morgan fingerprint density at radius 1 is 1.67 bits per heavy atom. The minimum absolute atomic E-state index is 0.441. The first kappa shape index (κ1) is 7.59. The average molecular weight is 164 g/mol. The maximum absolute atomic E-state index is 10.4. The number of hydrogen-bond acceptors (Lipinski definition) is 1. The molecule has 1 unspecified atom stereocenters. The first-order chi connectivity index (χ1) is 5.68. The van der Waals surface area contributed by atoms with Gasteiger partial charge in [-0.15, -0.1) is 0 Å². The molecule has 1 saturated carbocycles. The van der Waals surface area contributed by atoms with E-state index in [0.717, 1.165) is 12.0 Å². The molecule has 1 N–H and O–H groups in total. The van der Waals surface area contributed by atoms with Gasteiger partial charge in [-0.2, -0.15) is 0 Å². The molecular weight excluding hydrogens is 152 g/mol. The predicted molar refractivity (Wildman–Crippen MR) is 45.6 cm³/mol. The van der Waals surface area contributed by atoms with Crippen LogP contribution >= 0.6 is 0 Å². The molecule has 0 aliphatic heterocycles. The Kier molecular flexibility index (Phi) is 1.56. The van der Waals surface area contributed by atoms with Crippen molar-refractivity contribution >= 4 is 5.97 Å². The number of carboxylic acid groups (broad SMARTS) is 1. The summed E-state index contributed by atoms with van der Waals surface area (Å²) in [6.07, 6.45) is 6.68. The number of hydrogen-bond donors (Lipinski definition) is 1. The second-order valence-corrected chi connectivity index (χ2v) is 3.70. The Balaban J connectivity index is 2.10. The third-order valence-electron chi connectivity index (χ3n) is 2.97. The van der Waals surface area contributed by atoms with Crippen molar-refractivity contribution in [3.05, 3.63) is 23.8 Å². The van der Waals surface area contributed by atoms with E-state index in [1.165, 1.54) is 6.08 Å². The summed E-state index contributed by atoms with van der Waals surface area (Å²) in [5, 5.41) is 8.53. The molecule has 0 bridgehead atoms. The summed E-state index contributed by atoms with van der Waals surface area (Å²) in [4.78, 5) is 10.4. The minimum Gasteiger partial charge on any atom is -0.478 e. The first-order valence-corrected chi connectivity index (χ1v) is 4.30. The van der Waals surface area contributed by atoms with Gasteiger partial charge in [0, 0.05) is 12.0 Å². The van der Waals surface area contributed by atoms with Gasteiger partial charge in [0.05, 0.1) is 0 Å². The van der Waals surface area contributed by atoms with Gasteiger partial charge >= 0.3 is 5.97 Å². The minimum atomic E-state index is -0.809. The smallest absolute Gasteiger partial charge is 0.328 e. The summed E-state index contributed by atoms with van der Waals surface area (Å²) in [5.41, 5.74) is 1.09. The molecule has 2 aliphatic rings. The van der Waals surface area contributed by atoms with Crippen LogP contribution in [0.2, 0.25) is 0 Å². The first-order valence-electron chi connectivity index (χ1n) is 4.30. The summed E-state index contributed by atoms with van der Waals surface area (Å²) in [6.45, 7) is 2.19. The number of aliphatic carboxylic acids is 1. The fraction of sp³-hybridized carbons (Fsp3) is 0.500. The Hall–Kier alpha value is -1.05. The maximum atomic E-state index is 10.4. The summed E-state index contributed by atoms with van der Waals surface area (Å²) in [7, 11) is 0. The highest BCUT2D eigenvalue weighted by Gasteiger charge is 2.40. The maximum Gasteiger partial charge on any atom is 0.328 e. The van der Waals surface area contributed by atoms with E-state index in [1.807, 2.05) is 0 Å². The molecule has 64 valence electrons. The molecule has 0 spiro atoms. The zero-order valence-corrected chi connectivity index (χ0v) is 7.03. The van der Waals surface area contributed by atoms with E-state index in [0.29, 0.717) is 17.8 Å². The number of rotatable bonds is 1. The lowest BCUT2D eigenvalue weighted by Crippen LogP contribution is -2.28. The average Bonchev–Trinajstić information content (AvgIpc) is 2.22. The Morgan fingerprint density at radius 2 is 2.42 bits per heavy atom. The van der Waals surface area contributed by atoms with Crippen molar-refractivity contribution in [2.24, 2.45) is 17.8 Å². The van der Waals surface area contributed by atoms with E-state index >= 15 is 0 Å². The van der Waals surface area contributed by atoms with Gasteiger partial charge in [0.2, 0.25) is 0 Å². The van der Waals surface area contributed by atoms with Crippen LogP contribution in [0.1, 0.15) is 13.3 Å². The molecule has 12 heavy (non-hydrogen) atoms. The molecule has 0 saturated heterocycles. The lowest BCUT2D eigenvalue weighted by molar-refractivity contribution is -0.131. The van der Waals surface area contributed by atoms with Gasteiger partial charge in [0.25, 0.3) is 0 Å². The molecule has 0 aromatic carbocycles. The third kappa shape index (κ3) is 0.986. The number of allylic oxidation sites excluding steroid dienone is 3. The van der Waals surface area contributed by atoms with Gasteiger partial charge in [-0.25, -0.2) is 4.79 Å². The summed E-state index contributed by atoms with van der Waals surface area (Å²) in [5.74, 6) is 0.962. The molecule has 0 aromatic rings. The van der Waals surface area contributed by atoms with E-state index < -0.39 is 5.97 Å². The van der Waals surface area contributed by atoms with Crippen molar-refractivity contribution in [1.29, 1.82) is 0 Å². The largest absolute Gasteiger partial charge is 0.478 e. The Labute approximate surface area is 71.6 Å². The van der Waals surface area contributed by atoms with Crippen LogP contribution in [-0.4, -0.2) is 11.1 Å². The van der Waals surface area contributed by atoms with E-state index in [1.54, 1.807) is 0 Å². The molecule has 0 radical (unpaired) electrons. The van der Waals surface area contributed by atoms with Gasteiger partial charge in [-0.05, 0) is 18.3 Å². The molecule has 0 amide bonds. The zero-order valence-electron chi connectivity index (χ0n) is 7.03. The highest BCUT2D eigenvalue weighted by atomic mass is 16.4. The molecule has 2 nitrogen and oxygen atoms in total. The Bertz CT molecular complexity index is 276. The van der Waals surface area contributed by atoms with Crippen molar-refractivity contribution in [3.8, 4) is 0 Å². The second-order valence-electron chi connectivity index (χ2n) is 3.70. The van der Waals surface area contributed by atoms with Gasteiger partial charge < -0.3 is 5.11 Å². The van der Waals surface area contributed by atoms with Crippen molar-refractivity contribution in [2.75, 3.05) is 0 Å². The number of fused-ring (bicyclic) bond motifs is 1. The normalized spacial score (nSPS) is 41.1. The number of carboxylic acids is 1. The van der Waals surface area contributed by atoms with Crippen LogP contribution in [-0.2, 0) is 4.79 Å². The lowest BCUT2D eigenvalue weighted by atomic mass is 9.68. The van der Waals surface area contributed by atoms with Crippen LogP contribution in [0.4, 0.5) is 0 Å². The zero-order chi connectivity index (χ0) is 8.72. The monoisotopic (exact) mass is 164 g/mol. The molecule has 2 rings (SSSR count). The van der Waals surface area contributed by atoms with E-state index in [-0.39, 0.29) is 0 Å². The summed E-state index contributed by atoms with van der Waals surface area (Å²) >= 11 is 0. The van der Waals surface area contributed by atoms with Gasteiger partial charge in [0.15, 0.2) is 0 Å². The molecule has 0 aromatic heterocycles. The predicted octanol–water partition coefficient (Wildman–Crippen LogP) is 1.84. The van der Waals surface area contributed by atoms with Crippen LogP contribution < -0.4 is 0 Å². The van der Waals surface area contributed by atoms with Crippen molar-refractivity contribution in [3.63, 3.8) is 0 Å². The van der Waals surface area contributed by atoms with Gasteiger partial charge in [-0.3, -0.25) is 0 Å². The van der Waals surface area contributed by atoms with Crippen LogP contribution in [0.25, 0.3) is 0 Å². The molecule has 1 fully saturated rings. The topological polar surface area (TPSA) is 37.3 Å². The van der Waals surface area contributed by atoms with Crippen molar-refractivity contribution < 1.29 is 9.90 Å². The molecule has 3 atom stereocenters. The highest BCUT2D eigenvalue weighted by Crippen LogP contribution is 2.49. The fourth-order valence-electron chi connectivity index (χ4n) is 2.18.